The van der Waals surface area contributed by atoms with Gasteiger partial charge >= 0.3 is 12.1 Å². The highest BCUT2D eigenvalue weighted by molar-refractivity contribution is 5.89. The first-order valence-electron chi connectivity index (χ1n) is 10.2. The molecule has 0 spiro atoms. The molecule has 170 valence electrons. The Morgan fingerprint density at radius 3 is 2.09 bits per heavy atom. The predicted molar refractivity (Wildman–Crippen MR) is 115 cm³/mol. The van der Waals surface area contributed by atoms with Crippen LogP contribution in [-0.2, 0) is 19.1 Å². The van der Waals surface area contributed by atoms with Crippen LogP contribution in [0.1, 0.15) is 23.5 Å². The summed E-state index contributed by atoms with van der Waals surface area (Å²) in [5.41, 5.74) is 4.31. The SMILES string of the molecule is COCCC(NC(=O)OCC1c2ccccc2-c2ccccc21)C(=O)N[C@@H](CO)C(=O)O. The Morgan fingerprint density at radius 1 is 0.969 bits per heavy atom. The summed E-state index contributed by atoms with van der Waals surface area (Å²) in [6, 6.07) is 13.3. The number of aliphatic hydroxyl groups is 1. The summed E-state index contributed by atoms with van der Waals surface area (Å²) >= 11 is 0. The fourth-order valence-electron chi connectivity index (χ4n) is 3.74. The largest absolute Gasteiger partial charge is 0.480 e. The van der Waals surface area contributed by atoms with E-state index in [9.17, 15) is 14.4 Å². The van der Waals surface area contributed by atoms with Crippen LogP contribution < -0.4 is 10.6 Å². The quantitative estimate of drug-likeness (QED) is 0.438. The van der Waals surface area contributed by atoms with Crippen molar-refractivity contribution >= 4 is 18.0 Å². The molecule has 1 unspecified atom stereocenters. The second-order valence-electron chi connectivity index (χ2n) is 7.39. The summed E-state index contributed by atoms with van der Waals surface area (Å²) in [4.78, 5) is 36.0. The number of ether oxygens (including phenoxy) is 2. The summed E-state index contributed by atoms with van der Waals surface area (Å²) in [5.74, 6) is -2.27. The van der Waals surface area contributed by atoms with Crippen LogP contribution in [0.3, 0.4) is 0 Å². The third-order valence-electron chi connectivity index (χ3n) is 5.36. The molecule has 9 heteroatoms. The number of amides is 2. The highest BCUT2D eigenvalue weighted by Crippen LogP contribution is 2.44. The summed E-state index contributed by atoms with van der Waals surface area (Å²) in [6.45, 7) is -0.547. The van der Waals surface area contributed by atoms with Crippen molar-refractivity contribution in [2.24, 2.45) is 0 Å². The minimum Gasteiger partial charge on any atom is -0.480 e. The Kier molecular flexibility index (Phi) is 7.80. The number of carboxylic acids is 1. The lowest BCUT2D eigenvalue weighted by molar-refractivity contribution is -0.143. The maximum absolute atomic E-state index is 12.5. The van der Waals surface area contributed by atoms with Gasteiger partial charge in [0, 0.05) is 26.1 Å². The molecule has 0 aromatic heterocycles. The Labute approximate surface area is 185 Å². The number of aliphatic hydroxyl groups excluding tert-OH is 1. The van der Waals surface area contributed by atoms with Crippen molar-refractivity contribution in [2.75, 3.05) is 26.9 Å². The van der Waals surface area contributed by atoms with Gasteiger partial charge in [0.1, 0.15) is 18.7 Å². The number of aliphatic carboxylic acids is 1. The molecule has 0 saturated heterocycles. The number of rotatable bonds is 10. The standard InChI is InChI=1S/C23H26N2O7/c1-31-11-10-19(21(27)24-20(12-26)22(28)29)25-23(30)32-13-18-16-8-4-2-6-14(16)15-7-3-5-9-17(15)18/h2-9,18-20,26H,10-13H2,1H3,(H,24,27)(H,25,30)(H,28,29)/t19?,20-/m0/s1. The van der Waals surface area contributed by atoms with Gasteiger partial charge < -0.3 is 30.3 Å². The van der Waals surface area contributed by atoms with Crippen molar-refractivity contribution in [3.05, 3.63) is 59.7 Å². The number of methoxy groups -OCH3 is 1. The van der Waals surface area contributed by atoms with Crippen LogP contribution in [0.15, 0.2) is 48.5 Å². The van der Waals surface area contributed by atoms with Crippen LogP contribution in [0.2, 0.25) is 0 Å². The number of benzene rings is 2. The number of carboxylic acid groups (broad SMARTS) is 1. The topological polar surface area (TPSA) is 134 Å². The third-order valence-corrected chi connectivity index (χ3v) is 5.36. The predicted octanol–water partition coefficient (Wildman–Crippen LogP) is 1.49. The number of carbonyl (C=O) groups excluding carboxylic acids is 2. The normalized spacial score (nSPS) is 14.1. The Balaban J connectivity index is 1.65. The van der Waals surface area contributed by atoms with E-state index in [0.29, 0.717) is 0 Å². The number of hydrogen-bond acceptors (Lipinski definition) is 6. The molecule has 0 bridgehead atoms. The van der Waals surface area contributed by atoms with Gasteiger partial charge in [-0.1, -0.05) is 48.5 Å². The van der Waals surface area contributed by atoms with Crippen LogP contribution in [0, 0.1) is 0 Å². The molecular weight excluding hydrogens is 416 g/mol. The minimum atomic E-state index is -1.48. The first kappa shape index (κ1) is 23.2. The van der Waals surface area contributed by atoms with Crippen LogP contribution in [-0.4, -0.2) is 67.2 Å². The number of alkyl carbamates (subject to hydrolysis) is 1. The molecule has 1 aliphatic rings. The summed E-state index contributed by atoms with van der Waals surface area (Å²) in [7, 11) is 1.44. The van der Waals surface area contributed by atoms with Gasteiger partial charge in [0.15, 0.2) is 0 Å². The highest BCUT2D eigenvalue weighted by Gasteiger charge is 2.30. The van der Waals surface area contributed by atoms with E-state index >= 15 is 0 Å². The van der Waals surface area contributed by atoms with Gasteiger partial charge in [0.05, 0.1) is 6.61 Å². The Bertz CT molecular complexity index is 933. The molecule has 2 aromatic carbocycles. The maximum atomic E-state index is 12.5. The zero-order valence-corrected chi connectivity index (χ0v) is 17.6. The third kappa shape index (κ3) is 5.24. The van der Waals surface area contributed by atoms with Crippen LogP contribution in [0.4, 0.5) is 4.79 Å². The number of carbonyl (C=O) groups is 3. The molecule has 0 aliphatic heterocycles. The molecule has 0 saturated carbocycles. The molecule has 3 rings (SSSR count). The van der Waals surface area contributed by atoms with Gasteiger partial charge in [-0.15, -0.1) is 0 Å². The van der Waals surface area contributed by atoms with Gasteiger partial charge in [-0.25, -0.2) is 9.59 Å². The summed E-state index contributed by atoms with van der Waals surface area (Å²) in [5, 5.41) is 22.8. The first-order chi connectivity index (χ1) is 15.5. The second-order valence-corrected chi connectivity index (χ2v) is 7.39. The number of hydrogen-bond donors (Lipinski definition) is 4. The van der Waals surface area contributed by atoms with Crippen molar-refractivity contribution in [1.29, 1.82) is 0 Å². The fraction of sp³-hybridized carbons (Fsp3) is 0.348. The van der Waals surface area contributed by atoms with Crippen LogP contribution in [0.25, 0.3) is 11.1 Å². The molecular formula is C23H26N2O7. The van der Waals surface area contributed by atoms with E-state index in [4.69, 9.17) is 19.7 Å². The molecule has 2 atom stereocenters. The lowest BCUT2D eigenvalue weighted by atomic mass is 9.98. The molecule has 2 amide bonds. The van der Waals surface area contributed by atoms with Crippen molar-refractivity contribution < 1.29 is 34.1 Å². The molecule has 2 aromatic rings. The van der Waals surface area contributed by atoms with Gasteiger partial charge in [-0.2, -0.15) is 0 Å². The van der Waals surface area contributed by atoms with Crippen molar-refractivity contribution in [3.63, 3.8) is 0 Å². The minimum absolute atomic E-state index is 0.0763. The molecule has 0 radical (unpaired) electrons. The van der Waals surface area contributed by atoms with E-state index in [1.54, 1.807) is 0 Å². The first-order valence-corrected chi connectivity index (χ1v) is 10.2. The van der Waals surface area contributed by atoms with E-state index in [2.05, 4.69) is 10.6 Å². The van der Waals surface area contributed by atoms with E-state index < -0.39 is 36.7 Å². The number of nitrogens with one attached hydrogen (secondary N) is 2. The maximum Gasteiger partial charge on any atom is 0.407 e. The zero-order valence-electron chi connectivity index (χ0n) is 17.6. The highest BCUT2D eigenvalue weighted by atomic mass is 16.5. The Hall–Kier alpha value is -3.43. The second kappa shape index (κ2) is 10.7. The average Bonchev–Trinajstić information content (AvgIpc) is 3.12. The fourth-order valence-corrected chi connectivity index (χ4v) is 3.74. The van der Waals surface area contributed by atoms with Crippen LogP contribution in [0.5, 0.6) is 0 Å². The van der Waals surface area contributed by atoms with Crippen LogP contribution >= 0.6 is 0 Å². The van der Waals surface area contributed by atoms with Gasteiger partial charge in [0.25, 0.3) is 0 Å². The molecule has 9 nitrogen and oxygen atoms in total. The van der Waals surface area contributed by atoms with Crippen molar-refractivity contribution in [2.45, 2.75) is 24.4 Å². The van der Waals surface area contributed by atoms with E-state index in [1.807, 2.05) is 48.5 Å². The molecule has 4 N–H and O–H groups in total. The van der Waals surface area contributed by atoms with E-state index in [0.717, 1.165) is 22.3 Å². The molecule has 0 heterocycles. The molecule has 0 fully saturated rings. The zero-order chi connectivity index (χ0) is 23.1. The van der Waals surface area contributed by atoms with E-state index in [-0.39, 0.29) is 25.6 Å². The lowest BCUT2D eigenvalue weighted by Crippen LogP contribution is -2.53. The smallest absolute Gasteiger partial charge is 0.407 e. The van der Waals surface area contributed by atoms with E-state index in [1.165, 1.54) is 7.11 Å². The number of fused-ring (bicyclic) bond motifs is 3. The average molecular weight is 442 g/mol. The van der Waals surface area contributed by atoms with Gasteiger partial charge in [-0.3, -0.25) is 4.79 Å². The molecule has 1 aliphatic carbocycles. The van der Waals surface area contributed by atoms with Gasteiger partial charge in [0.2, 0.25) is 5.91 Å². The van der Waals surface area contributed by atoms with Gasteiger partial charge in [-0.05, 0) is 22.3 Å². The lowest BCUT2D eigenvalue weighted by Gasteiger charge is -2.21. The monoisotopic (exact) mass is 442 g/mol. The Morgan fingerprint density at radius 2 is 1.56 bits per heavy atom. The summed E-state index contributed by atoms with van der Waals surface area (Å²) < 4.78 is 10.4. The van der Waals surface area contributed by atoms with Crippen molar-refractivity contribution in [1.82, 2.24) is 10.6 Å². The molecule has 32 heavy (non-hydrogen) atoms. The van der Waals surface area contributed by atoms with Crippen molar-refractivity contribution in [3.8, 4) is 11.1 Å². The summed E-state index contributed by atoms with van der Waals surface area (Å²) in [6.07, 6.45) is -0.705.